The number of H-pyrrole nitrogens is 1. The Hall–Kier alpha value is -2.11. The molecule has 1 amide bonds. The smallest absolute Gasteiger partial charge is 0.355 e. The van der Waals surface area contributed by atoms with Crippen LogP contribution >= 0.6 is 0 Å². The Bertz CT molecular complexity index is 744. The normalized spacial score (nSPS) is 17.9. The largest absolute Gasteiger partial charge is 0.461 e. The molecule has 0 spiro atoms. The second kappa shape index (κ2) is 7.87. The van der Waals surface area contributed by atoms with Crippen molar-refractivity contribution in [2.45, 2.75) is 65.8 Å². The lowest BCUT2D eigenvalue weighted by molar-refractivity contribution is -0.139. The summed E-state index contributed by atoms with van der Waals surface area (Å²) in [5.41, 5.74) is 2.08. The van der Waals surface area contributed by atoms with Gasteiger partial charge in [-0.1, -0.05) is 6.42 Å². The first-order valence-electron chi connectivity index (χ1n) is 10.1. The van der Waals surface area contributed by atoms with Gasteiger partial charge >= 0.3 is 5.97 Å². The van der Waals surface area contributed by atoms with E-state index in [9.17, 15) is 14.4 Å². The van der Waals surface area contributed by atoms with Crippen LogP contribution in [0.2, 0.25) is 0 Å². The topological polar surface area (TPSA) is 79.5 Å². The second-order valence-corrected chi connectivity index (χ2v) is 7.95. The molecule has 0 aromatic carbocycles. The summed E-state index contributed by atoms with van der Waals surface area (Å²) in [5, 5.41) is 0. The third-order valence-corrected chi connectivity index (χ3v) is 5.90. The van der Waals surface area contributed by atoms with Crippen LogP contribution in [0.5, 0.6) is 0 Å². The minimum absolute atomic E-state index is 0.0718. The van der Waals surface area contributed by atoms with E-state index in [0.29, 0.717) is 35.0 Å². The molecule has 1 heterocycles. The second-order valence-electron chi connectivity index (χ2n) is 7.95. The Kier molecular flexibility index (Phi) is 5.72. The summed E-state index contributed by atoms with van der Waals surface area (Å²) >= 11 is 0. The molecule has 3 rings (SSSR count). The zero-order valence-electron chi connectivity index (χ0n) is 16.8. The fourth-order valence-electron chi connectivity index (χ4n) is 3.78. The number of aryl methyl sites for hydroxylation is 1. The number of carbonyl (C=O) groups is 3. The van der Waals surface area contributed by atoms with Crippen molar-refractivity contribution in [3.8, 4) is 0 Å². The molecule has 2 aliphatic rings. The van der Waals surface area contributed by atoms with E-state index in [1.807, 2.05) is 6.92 Å². The molecule has 1 aromatic rings. The fourth-order valence-corrected chi connectivity index (χ4v) is 3.78. The van der Waals surface area contributed by atoms with Crippen molar-refractivity contribution in [3.05, 3.63) is 22.5 Å². The molecule has 1 N–H and O–H groups in total. The van der Waals surface area contributed by atoms with E-state index in [-0.39, 0.29) is 24.2 Å². The molecule has 0 aliphatic heterocycles. The van der Waals surface area contributed by atoms with Gasteiger partial charge in [0.1, 0.15) is 5.69 Å². The number of ether oxygens (including phenoxy) is 1. The van der Waals surface area contributed by atoms with Gasteiger partial charge in [0.05, 0.1) is 12.6 Å². The van der Waals surface area contributed by atoms with Crippen molar-refractivity contribution in [2.75, 3.05) is 13.2 Å². The summed E-state index contributed by atoms with van der Waals surface area (Å²) in [4.78, 5) is 43.1. The lowest BCUT2D eigenvalue weighted by atomic mass is 9.83. The van der Waals surface area contributed by atoms with E-state index >= 15 is 0 Å². The van der Waals surface area contributed by atoms with Crippen LogP contribution in [0.1, 0.15) is 78.1 Å². The predicted octanol–water partition coefficient (Wildman–Crippen LogP) is 3.42. The van der Waals surface area contributed by atoms with E-state index in [2.05, 4.69) is 4.98 Å². The molecule has 0 radical (unpaired) electrons. The van der Waals surface area contributed by atoms with Crippen molar-refractivity contribution >= 4 is 17.7 Å². The SMILES string of the molecule is CCOC(=O)c1[nH]c(C)c(C(=O)[C@H](C)N(CC2CC2)C(=O)C2CCC2)c1C. The molecule has 0 saturated heterocycles. The quantitative estimate of drug-likeness (QED) is 0.558. The summed E-state index contributed by atoms with van der Waals surface area (Å²) in [7, 11) is 0. The number of nitrogens with one attached hydrogen (secondary N) is 1. The summed E-state index contributed by atoms with van der Waals surface area (Å²) in [5.74, 6) is 0.149. The zero-order valence-corrected chi connectivity index (χ0v) is 16.8. The number of hydrogen-bond acceptors (Lipinski definition) is 4. The van der Waals surface area contributed by atoms with Crippen LogP contribution in [0.25, 0.3) is 0 Å². The maximum absolute atomic E-state index is 13.3. The monoisotopic (exact) mass is 374 g/mol. The standard InChI is InChI=1S/C21H30N2O4/c1-5-27-21(26)18-12(2)17(13(3)22-18)19(24)14(4)23(11-15-9-10-15)20(25)16-7-6-8-16/h14-16,22H,5-11H2,1-4H3/t14-/m0/s1. The van der Waals surface area contributed by atoms with Gasteiger partial charge in [-0.05, 0) is 64.9 Å². The minimum Gasteiger partial charge on any atom is -0.461 e. The van der Waals surface area contributed by atoms with Crippen molar-refractivity contribution in [2.24, 2.45) is 11.8 Å². The molecule has 1 aromatic heterocycles. The summed E-state index contributed by atoms with van der Waals surface area (Å²) < 4.78 is 5.07. The van der Waals surface area contributed by atoms with Gasteiger partial charge in [-0.15, -0.1) is 0 Å². The molecule has 6 heteroatoms. The molecule has 27 heavy (non-hydrogen) atoms. The van der Waals surface area contributed by atoms with E-state index in [1.54, 1.807) is 25.7 Å². The van der Waals surface area contributed by atoms with E-state index < -0.39 is 12.0 Å². The summed E-state index contributed by atoms with van der Waals surface area (Å²) in [6.07, 6.45) is 5.20. The molecule has 1 atom stereocenters. The Balaban J connectivity index is 1.84. The van der Waals surface area contributed by atoms with Gasteiger partial charge in [0.2, 0.25) is 5.91 Å². The van der Waals surface area contributed by atoms with Crippen molar-refractivity contribution < 1.29 is 19.1 Å². The highest BCUT2D eigenvalue weighted by atomic mass is 16.5. The molecule has 2 fully saturated rings. The molecular formula is C21H30N2O4. The number of ketones is 1. The van der Waals surface area contributed by atoms with Gasteiger partial charge in [0, 0.05) is 23.7 Å². The number of aromatic amines is 1. The third kappa shape index (κ3) is 3.94. The number of aromatic nitrogens is 1. The Labute approximate surface area is 160 Å². The van der Waals surface area contributed by atoms with E-state index in [4.69, 9.17) is 4.74 Å². The average Bonchev–Trinajstić information content (AvgIpc) is 3.34. The first kappa shape index (κ1) is 19.6. The van der Waals surface area contributed by atoms with Crippen LogP contribution in [-0.2, 0) is 9.53 Å². The maximum atomic E-state index is 13.3. The van der Waals surface area contributed by atoms with E-state index in [0.717, 1.165) is 32.1 Å². The van der Waals surface area contributed by atoms with Crippen LogP contribution in [0, 0.1) is 25.7 Å². The lowest BCUT2D eigenvalue weighted by Gasteiger charge is -2.35. The van der Waals surface area contributed by atoms with Crippen molar-refractivity contribution in [3.63, 3.8) is 0 Å². The molecular weight excluding hydrogens is 344 g/mol. The maximum Gasteiger partial charge on any atom is 0.355 e. The van der Waals surface area contributed by atoms with Gasteiger partial charge in [0.15, 0.2) is 5.78 Å². The number of esters is 1. The van der Waals surface area contributed by atoms with Crippen LogP contribution in [0.3, 0.4) is 0 Å². The molecule has 2 saturated carbocycles. The third-order valence-electron chi connectivity index (χ3n) is 5.90. The minimum atomic E-state index is -0.526. The van der Waals surface area contributed by atoms with Crippen LogP contribution in [0.4, 0.5) is 0 Å². The van der Waals surface area contributed by atoms with Gasteiger partial charge < -0.3 is 14.6 Å². The number of rotatable bonds is 8. The van der Waals surface area contributed by atoms with Gasteiger partial charge in [-0.2, -0.15) is 0 Å². The van der Waals surface area contributed by atoms with Crippen molar-refractivity contribution in [1.29, 1.82) is 0 Å². The predicted molar refractivity (Wildman–Crippen MR) is 102 cm³/mol. The van der Waals surface area contributed by atoms with Gasteiger partial charge in [0.25, 0.3) is 0 Å². The van der Waals surface area contributed by atoms with Gasteiger partial charge in [-0.25, -0.2) is 4.79 Å². The molecule has 148 valence electrons. The van der Waals surface area contributed by atoms with E-state index in [1.165, 1.54) is 0 Å². The zero-order chi connectivity index (χ0) is 19.7. The Morgan fingerprint density at radius 3 is 2.37 bits per heavy atom. The van der Waals surface area contributed by atoms with Crippen LogP contribution < -0.4 is 0 Å². The van der Waals surface area contributed by atoms with Gasteiger partial charge in [-0.3, -0.25) is 9.59 Å². The number of Topliss-reactive ketones (excluding diaryl/α,β-unsaturated/α-hetero) is 1. The van der Waals surface area contributed by atoms with Crippen molar-refractivity contribution in [1.82, 2.24) is 9.88 Å². The molecule has 2 aliphatic carbocycles. The Morgan fingerprint density at radius 2 is 1.85 bits per heavy atom. The highest BCUT2D eigenvalue weighted by Gasteiger charge is 2.38. The Morgan fingerprint density at radius 1 is 1.19 bits per heavy atom. The first-order chi connectivity index (χ1) is 12.8. The summed E-state index contributed by atoms with van der Waals surface area (Å²) in [6.45, 7) is 8.05. The van der Waals surface area contributed by atoms with Crippen LogP contribution in [0.15, 0.2) is 0 Å². The fraction of sp³-hybridized carbons (Fsp3) is 0.667. The summed E-state index contributed by atoms with van der Waals surface area (Å²) in [6, 6.07) is -0.526. The molecule has 0 bridgehead atoms. The lowest BCUT2D eigenvalue weighted by Crippen LogP contribution is -2.48. The average molecular weight is 374 g/mol. The highest BCUT2D eigenvalue weighted by Crippen LogP contribution is 2.34. The first-order valence-corrected chi connectivity index (χ1v) is 10.1. The molecule has 6 nitrogen and oxygen atoms in total. The highest BCUT2D eigenvalue weighted by molar-refractivity contribution is 6.06. The number of amides is 1. The number of hydrogen-bond donors (Lipinski definition) is 1. The van der Waals surface area contributed by atoms with Crippen LogP contribution in [-0.4, -0.2) is 46.7 Å². The molecule has 0 unspecified atom stereocenters. The number of carbonyl (C=O) groups excluding carboxylic acids is 3. The number of nitrogens with zero attached hydrogens (tertiary/aromatic N) is 1.